The van der Waals surface area contributed by atoms with E-state index in [2.05, 4.69) is 15.6 Å². The second-order valence-corrected chi connectivity index (χ2v) is 7.70. The molecule has 0 aromatic carbocycles. The molecule has 0 amide bonds. The maximum atomic E-state index is 13.0. The largest absolute Gasteiger partial charge is 0.396 e. The van der Waals surface area contributed by atoms with E-state index in [1.807, 2.05) is 44.3 Å². The molecule has 152 valence electrons. The van der Waals surface area contributed by atoms with E-state index in [1.54, 1.807) is 10.8 Å². The van der Waals surface area contributed by atoms with Gasteiger partial charge in [-0.2, -0.15) is 0 Å². The zero-order valence-corrected chi connectivity index (χ0v) is 16.9. The monoisotopic (exact) mass is 393 g/mol. The number of aliphatic hydroxyl groups is 1. The van der Waals surface area contributed by atoms with E-state index >= 15 is 0 Å². The lowest BCUT2D eigenvalue weighted by Crippen LogP contribution is -2.28. The van der Waals surface area contributed by atoms with E-state index in [-0.39, 0.29) is 24.1 Å². The normalized spacial score (nSPS) is 18.9. The Hall–Kier alpha value is -2.93. The number of aryl methyl sites for hydroxylation is 2. The molecule has 1 saturated carbocycles. The molecule has 0 spiro atoms. The maximum absolute atomic E-state index is 13.0. The number of aromatic nitrogens is 3. The summed E-state index contributed by atoms with van der Waals surface area (Å²) in [5, 5.41) is 17.8. The highest BCUT2D eigenvalue weighted by atomic mass is 16.3. The smallest absolute Gasteiger partial charge is 0.262 e. The van der Waals surface area contributed by atoms with Gasteiger partial charge in [0, 0.05) is 37.5 Å². The van der Waals surface area contributed by atoms with Gasteiger partial charge in [-0.15, -0.1) is 0 Å². The van der Waals surface area contributed by atoms with Crippen LogP contribution >= 0.6 is 0 Å². The van der Waals surface area contributed by atoms with Crippen molar-refractivity contribution in [3.63, 3.8) is 0 Å². The highest BCUT2D eigenvalue weighted by Crippen LogP contribution is 2.31. The summed E-state index contributed by atoms with van der Waals surface area (Å²) in [6.07, 6.45) is 6.57. The predicted octanol–water partition coefficient (Wildman–Crippen LogP) is 3.44. The molecule has 3 aromatic rings. The topological polar surface area (TPSA) is 92.1 Å². The molecule has 4 rings (SSSR count). The summed E-state index contributed by atoms with van der Waals surface area (Å²) in [5.74, 6) is 2.08. The first kappa shape index (κ1) is 19.4. The average molecular weight is 393 g/mol. The molecule has 3 N–H and O–H groups in total. The van der Waals surface area contributed by atoms with Gasteiger partial charge in [-0.1, -0.05) is 6.42 Å². The number of anilines is 3. The number of fused-ring (bicyclic) bond motifs is 1. The fourth-order valence-electron chi connectivity index (χ4n) is 4.08. The first-order valence-electron chi connectivity index (χ1n) is 10.2. The average Bonchev–Trinajstić information content (AvgIpc) is 3.15. The highest BCUT2D eigenvalue weighted by Gasteiger charge is 2.27. The number of hydrogen-bond donors (Lipinski definition) is 3. The molecule has 1 fully saturated rings. The van der Waals surface area contributed by atoms with Crippen LogP contribution in [0, 0.1) is 12.8 Å². The lowest BCUT2D eigenvalue weighted by atomic mass is 10.0. The van der Waals surface area contributed by atoms with Crippen molar-refractivity contribution in [1.82, 2.24) is 14.5 Å². The maximum Gasteiger partial charge on any atom is 0.262 e. The summed E-state index contributed by atoms with van der Waals surface area (Å²) >= 11 is 0. The molecule has 3 heterocycles. The second kappa shape index (κ2) is 8.21. The Morgan fingerprint density at radius 1 is 1.24 bits per heavy atom. The summed E-state index contributed by atoms with van der Waals surface area (Å²) in [4.78, 5) is 22.1. The molecule has 2 atom stereocenters. The van der Waals surface area contributed by atoms with Crippen LogP contribution in [0.4, 0.5) is 17.5 Å². The van der Waals surface area contributed by atoms with Gasteiger partial charge in [0.25, 0.3) is 5.56 Å². The van der Waals surface area contributed by atoms with Crippen LogP contribution in [0.3, 0.4) is 0 Å². The second-order valence-electron chi connectivity index (χ2n) is 7.70. The molecule has 1 aliphatic rings. The lowest BCUT2D eigenvalue weighted by Gasteiger charge is -2.21. The van der Waals surface area contributed by atoms with Crippen LogP contribution in [-0.4, -0.2) is 32.3 Å². The van der Waals surface area contributed by atoms with Crippen LogP contribution in [0.1, 0.15) is 31.7 Å². The van der Waals surface area contributed by atoms with E-state index in [4.69, 9.17) is 4.98 Å². The summed E-state index contributed by atoms with van der Waals surface area (Å²) in [5.41, 5.74) is 1.04. The minimum atomic E-state index is -0.0567. The Morgan fingerprint density at radius 3 is 2.86 bits per heavy atom. The van der Waals surface area contributed by atoms with Crippen LogP contribution < -0.4 is 16.2 Å². The third-order valence-corrected chi connectivity index (χ3v) is 5.69. The summed E-state index contributed by atoms with van der Waals surface area (Å²) in [7, 11) is 0. The van der Waals surface area contributed by atoms with E-state index < -0.39 is 0 Å². The van der Waals surface area contributed by atoms with Crippen molar-refractivity contribution in [3.8, 4) is 0 Å². The van der Waals surface area contributed by atoms with E-state index in [0.29, 0.717) is 29.4 Å². The van der Waals surface area contributed by atoms with Crippen molar-refractivity contribution in [2.75, 3.05) is 17.2 Å². The Morgan fingerprint density at radius 2 is 2.10 bits per heavy atom. The molecule has 3 aromatic heterocycles. The van der Waals surface area contributed by atoms with Gasteiger partial charge in [0.2, 0.25) is 0 Å². The fraction of sp³-hybridized carbons (Fsp3) is 0.409. The van der Waals surface area contributed by atoms with Gasteiger partial charge in [0.05, 0.1) is 5.39 Å². The Labute approximate surface area is 169 Å². The molecular weight excluding hydrogens is 366 g/mol. The van der Waals surface area contributed by atoms with Gasteiger partial charge < -0.3 is 20.3 Å². The van der Waals surface area contributed by atoms with E-state index in [0.717, 1.165) is 30.2 Å². The summed E-state index contributed by atoms with van der Waals surface area (Å²) < 4.78 is 1.68. The Bertz CT molecular complexity index is 1080. The number of rotatable bonds is 6. The quantitative estimate of drug-likeness (QED) is 0.594. The molecule has 29 heavy (non-hydrogen) atoms. The van der Waals surface area contributed by atoms with Gasteiger partial charge >= 0.3 is 0 Å². The van der Waals surface area contributed by atoms with Gasteiger partial charge in [-0.25, -0.2) is 9.97 Å². The highest BCUT2D eigenvalue weighted by molar-refractivity contribution is 5.93. The summed E-state index contributed by atoms with van der Waals surface area (Å²) in [6, 6.07) is 7.82. The number of hydrogen-bond acceptors (Lipinski definition) is 6. The zero-order chi connectivity index (χ0) is 20.4. The predicted molar refractivity (Wildman–Crippen MR) is 116 cm³/mol. The Kier molecular flexibility index (Phi) is 5.49. The van der Waals surface area contributed by atoms with Crippen molar-refractivity contribution in [3.05, 3.63) is 52.6 Å². The van der Waals surface area contributed by atoms with Crippen LogP contribution in [0.15, 0.2) is 41.5 Å². The number of nitrogens with zero attached hydrogens (tertiary/aromatic N) is 3. The third kappa shape index (κ3) is 3.96. The van der Waals surface area contributed by atoms with E-state index in [9.17, 15) is 9.90 Å². The summed E-state index contributed by atoms with van der Waals surface area (Å²) in [6.45, 7) is 4.70. The molecule has 1 aliphatic carbocycles. The third-order valence-electron chi connectivity index (χ3n) is 5.69. The van der Waals surface area contributed by atoms with Crippen molar-refractivity contribution in [1.29, 1.82) is 0 Å². The molecule has 0 bridgehead atoms. The number of aliphatic hydroxyl groups excluding tert-OH is 1. The molecule has 7 nitrogen and oxygen atoms in total. The fourth-order valence-corrected chi connectivity index (χ4v) is 4.08. The number of pyridine rings is 3. The van der Waals surface area contributed by atoms with Gasteiger partial charge in [0.1, 0.15) is 17.5 Å². The molecule has 0 saturated heterocycles. The minimum Gasteiger partial charge on any atom is -0.396 e. The first-order valence-corrected chi connectivity index (χ1v) is 10.2. The van der Waals surface area contributed by atoms with Crippen molar-refractivity contribution >= 4 is 28.2 Å². The van der Waals surface area contributed by atoms with Crippen molar-refractivity contribution in [2.24, 2.45) is 5.92 Å². The molecule has 7 heteroatoms. The van der Waals surface area contributed by atoms with E-state index in [1.165, 1.54) is 0 Å². The lowest BCUT2D eigenvalue weighted by molar-refractivity contribution is 0.222. The molecule has 0 aliphatic heterocycles. The Balaban J connectivity index is 1.79. The molecular formula is C22H27N5O2. The van der Waals surface area contributed by atoms with Crippen LogP contribution in [-0.2, 0) is 6.54 Å². The van der Waals surface area contributed by atoms with Crippen LogP contribution in [0.25, 0.3) is 10.8 Å². The van der Waals surface area contributed by atoms with Crippen LogP contribution in [0.5, 0.6) is 0 Å². The SMILES string of the molecule is CCn1ccc2cc(Nc3cc(C)ccn3)nc(N[C@@H]3CCC[C@@H]3CO)c2c1=O. The van der Waals surface area contributed by atoms with Crippen molar-refractivity contribution in [2.45, 2.75) is 45.7 Å². The molecule has 0 radical (unpaired) electrons. The van der Waals surface area contributed by atoms with Crippen LogP contribution in [0.2, 0.25) is 0 Å². The molecule has 0 unspecified atom stereocenters. The minimum absolute atomic E-state index is 0.0567. The van der Waals surface area contributed by atoms with Crippen molar-refractivity contribution < 1.29 is 5.11 Å². The van der Waals surface area contributed by atoms with Gasteiger partial charge in [-0.3, -0.25) is 4.79 Å². The van der Waals surface area contributed by atoms with Gasteiger partial charge in [-0.05, 0) is 61.9 Å². The standard InChI is InChI=1S/C22H27N5O2/c1-3-27-10-8-15-12-19(25-18-11-14(2)7-9-23-18)26-21(20(15)22(27)29)24-17-6-4-5-16(17)13-28/h7-12,16-17,28H,3-6,13H2,1-2H3,(H2,23,24,25,26)/t16-,17-/m1/s1. The zero-order valence-electron chi connectivity index (χ0n) is 16.9. The first-order chi connectivity index (χ1) is 14.1. The van der Waals surface area contributed by atoms with Gasteiger partial charge in [0.15, 0.2) is 0 Å². The number of nitrogens with one attached hydrogen (secondary N) is 2.